The number of carbonyl (C=O) groups is 2. The van der Waals surface area contributed by atoms with Gasteiger partial charge in [0.1, 0.15) is 0 Å². The van der Waals surface area contributed by atoms with Crippen molar-refractivity contribution >= 4 is 11.9 Å². The quantitative estimate of drug-likeness (QED) is 0.817. The second-order valence-corrected chi connectivity index (χ2v) is 5.34. The van der Waals surface area contributed by atoms with Crippen molar-refractivity contribution in [1.29, 1.82) is 0 Å². The number of carboxylic acids is 1. The molecule has 0 aliphatic heterocycles. The Bertz CT molecular complexity index is 443. The lowest BCUT2D eigenvalue weighted by Crippen LogP contribution is -2.37. The van der Waals surface area contributed by atoms with Crippen LogP contribution in [0.25, 0.3) is 0 Å². The number of carboxylic acid groups (broad SMARTS) is 1. The van der Waals surface area contributed by atoms with E-state index < -0.39 is 11.9 Å². The first-order valence-electron chi connectivity index (χ1n) is 6.23. The SMILES string of the molecule is CC(CC(=O)NCC(C)(C)c1ccncc1)C(=O)O. The molecule has 5 heteroatoms. The minimum atomic E-state index is -0.955. The summed E-state index contributed by atoms with van der Waals surface area (Å²) < 4.78 is 0. The van der Waals surface area contributed by atoms with Crippen LogP contribution in [0.15, 0.2) is 24.5 Å². The first kappa shape index (κ1) is 15.1. The Kier molecular flexibility index (Phi) is 5.03. The molecule has 1 unspecified atom stereocenters. The zero-order chi connectivity index (χ0) is 14.5. The Morgan fingerprint density at radius 3 is 2.47 bits per heavy atom. The van der Waals surface area contributed by atoms with Gasteiger partial charge in [0, 0.05) is 30.8 Å². The fraction of sp³-hybridized carbons (Fsp3) is 0.500. The van der Waals surface area contributed by atoms with E-state index in [1.807, 2.05) is 26.0 Å². The van der Waals surface area contributed by atoms with E-state index in [-0.39, 0.29) is 17.7 Å². The van der Waals surface area contributed by atoms with Crippen LogP contribution in [0.4, 0.5) is 0 Å². The maximum atomic E-state index is 11.6. The summed E-state index contributed by atoms with van der Waals surface area (Å²) >= 11 is 0. The molecule has 0 radical (unpaired) electrons. The summed E-state index contributed by atoms with van der Waals surface area (Å²) in [6.45, 7) is 6.02. The lowest BCUT2D eigenvalue weighted by Gasteiger charge is -2.25. The van der Waals surface area contributed by atoms with Gasteiger partial charge >= 0.3 is 5.97 Å². The molecule has 0 spiro atoms. The van der Waals surface area contributed by atoms with Crippen LogP contribution in [-0.4, -0.2) is 28.5 Å². The molecule has 0 saturated carbocycles. The normalized spacial score (nSPS) is 12.8. The van der Waals surface area contributed by atoms with Crippen molar-refractivity contribution in [2.45, 2.75) is 32.6 Å². The molecule has 1 aromatic heterocycles. The van der Waals surface area contributed by atoms with Gasteiger partial charge in [-0.2, -0.15) is 0 Å². The fourth-order valence-corrected chi connectivity index (χ4v) is 1.66. The van der Waals surface area contributed by atoms with Gasteiger partial charge < -0.3 is 10.4 Å². The number of hydrogen-bond donors (Lipinski definition) is 2. The molecule has 0 aliphatic rings. The third kappa shape index (κ3) is 4.69. The van der Waals surface area contributed by atoms with Gasteiger partial charge in [-0.1, -0.05) is 20.8 Å². The van der Waals surface area contributed by atoms with E-state index in [1.54, 1.807) is 12.4 Å². The standard InChI is InChI=1S/C14H20N2O3/c1-10(13(18)19)8-12(17)16-9-14(2,3)11-4-6-15-7-5-11/h4-7,10H,8-9H2,1-3H3,(H,16,17)(H,18,19). The van der Waals surface area contributed by atoms with Crippen LogP contribution in [-0.2, 0) is 15.0 Å². The van der Waals surface area contributed by atoms with Crippen LogP contribution >= 0.6 is 0 Å². The fourth-order valence-electron chi connectivity index (χ4n) is 1.66. The lowest BCUT2D eigenvalue weighted by atomic mass is 9.85. The minimum absolute atomic E-state index is 0.00174. The lowest BCUT2D eigenvalue weighted by molar-refractivity contribution is -0.143. The molecule has 1 aromatic rings. The van der Waals surface area contributed by atoms with Gasteiger partial charge in [-0.05, 0) is 17.7 Å². The smallest absolute Gasteiger partial charge is 0.306 e. The third-order valence-electron chi connectivity index (χ3n) is 3.10. The number of nitrogens with one attached hydrogen (secondary N) is 1. The van der Waals surface area contributed by atoms with Crippen molar-refractivity contribution in [3.05, 3.63) is 30.1 Å². The second kappa shape index (κ2) is 6.31. The maximum Gasteiger partial charge on any atom is 0.306 e. The minimum Gasteiger partial charge on any atom is -0.481 e. The van der Waals surface area contributed by atoms with Crippen LogP contribution in [0.1, 0.15) is 32.8 Å². The Hall–Kier alpha value is -1.91. The van der Waals surface area contributed by atoms with E-state index in [9.17, 15) is 9.59 Å². The first-order valence-corrected chi connectivity index (χ1v) is 6.23. The van der Waals surface area contributed by atoms with E-state index >= 15 is 0 Å². The van der Waals surface area contributed by atoms with Crippen LogP contribution in [0.5, 0.6) is 0 Å². The van der Waals surface area contributed by atoms with Gasteiger partial charge in [-0.25, -0.2) is 0 Å². The molecule has 0 saturated heterocycles. The molecular formula is C14H20N2O3. The van der Waals surface area contributed by atoms with Crippen molar-refractivity contribution in [2.75, 3.05) is 6.54 Å². The first-order chi connectivity index (χ1) is 8.83. The number of nitrogens with zero attached hydrogens (tertiary/aromatic N) is 1. The zero-order valence-corrected chi connectivity index (χ0v) is 11.5. The van der Waals surface area contributed by atoms with Crippen molar-refractivity contribution < 1.29 is 14.7 Å². The molecule has 1 amide bonds. The molecule has 1 heterocycles. The topological polar surface area (TPSA) is 79.3 Å². The highest BCUT2D eigenvalue weighted by Gasteiger charge is 2.22. The molecular weight excluding hydrogens is 244 g/mol. The van der Waals surface area contributed by atoms with Gasteiger partial charge in [0.15, 0.2) is 0 Å². The summed E-state index contributed by atoms with van der Waals surface area (Å²) in [6.07, 6.45) is 3.43. The van der Waals surface area contributed by atoms with Crippen LogP contribution in [0.3, 0.4) is 0 Å². The predicted molar refractivity (Wildman–Crippen MR) is 71.7 cm³/mol. The van der Waals surface area contributed by atoms with Crippen molar-refractivity contribution in [3.8, 4) is 0 Å². The molecule has 19 heavy (non-hydrogen) atoms. The van der Waals surface area contributed by atoms with Gasteiger partial charge in [0.05, 0.1) is 5.92 Å². The van der Waals surface area contributed by atoms with E-state index in [0.29, 0.717) is 6.54 Å². The van der Waals surface area contributed by atoms with E-state index in [4.69, 9.17) is 5.11 Å². The number of pyridine rings is 1. The summed E-state index contributed by atoms with van der Waals surface area (Å²) in [5.74, 6) is -1.86. The van der Waals surface area contributed by atoms with Crippen molar-refractivity contribution in [2.24, 2.45) is 5.92 Å². The zero-order valence-electron chi connectivity index (χ0n) is 11.5. The molecule has 0 aliphatic carbocycles. The molecule has 0 aromatic carbocycles. The highest BCUT2D eigenvalue weighted by atomic mass is 16.4. The molecule has 0 bridgehead atoms. The number of amides is 1. The van der Waals surface area contributed by atoms with E-state index in [1.165, 1.54) is 6.92 Å². The number of rotatable bonds is 6. The highest BCUT2D eigenvalue weighted by Crippen LogP contribution is 2.21. The number of aromatic nitrogens is 1. The van der Waals surface area contributed by atoms with Gasteiger partial charge in [0.2, 0.25) is 5.91 Å². The molecule has 1 atom stereocenters. The summed E-state index contributed by atoms with van der Waals surface area (Å²) in [5, 5.41) is 11.5. The number of hydrogen-bond acceptors (Lipinski definition) is 3. The Morgan fingerprint density at radius 1 is 1.37 bits per heavy atom. The summed E-state index contributed by atoms with van der Waals surface area (Å²) in [5.41, 5.74) is 0.861. The molecule has 104 valence electrons. The Labute approximate surface area is 113 Å². The number of aliphatic carboxylic acids is 1. The summed E-state index contributed by atoms with van der Waals surface area (Å²) in [4.78, 5) is 26.3. The number of carbonyl (C=O) groups excluding carboxylic acids is 1. The van der Waals surface area contributed by atoms with Gasteiger partial charge in [0.25, 0.3) is 0 Å². The average Bonchev–Trinajstić information content (AvgIpc) is 2.37. The second-order valence-electron chi connectivity index (χ2n) is 5.34. The predicted octanol–water partition coefficient (Wildman–Crippen LogP) is 1.59. The van der Waals surface area contributed by atoms with Crippen LogP contribution < -0.4 is 5.32 Å². The maximum absolute atomic E-state index is 11.6. The van der Waals surface area contributed by atoms with E-state index in [0.717, 1.165) is 5.56 Å². The van der Waals surface area contributed by atoms with E-state index in [2.05, 4.69) is 10.3 Å². The average molecular weight is 264 g/mol. The highest BCUT2D eigenvalue weighted by molar-refractivity contribution is 5.82. The molecule has 1 rings (SSSR count). The summed E-state index contributed by atoms with van der Waals surface area (Å²) in [7, 11) is 0. The van der Waals surface area contributed by atoms with Crippen LogP contribution in [0, 0.1) is 5.92 Å². The molecule has 5 nitrogen and oxygen atoms in total. The van der Waals surface area contributed by atoms with Crippen LogP contribution in [0.2, 0.25) is 0 Å². The Balaban J connectivity index is 2.52. The van der Waals surface area contributed by atoms with Crippen molar-refractivity contribution in [1.82, 2.24) is 10.3 Å². The third-order valence-corrected chi connectivity index (χ3v) is 3.10. The molecule has 2 N–H and O–H groups in total. The van der Waals surface area contributed by atoms with Crippen molar-refractivity contribution in [3.63, 3.8) is 0 Å². The molecule has 0 fully saturated rings. The largest absolute Gasteiger partial charge is 0.481 e. The van der Waals surface area contributed by atoms with Gasteiger partial charge in [-0.3, -0.25) is 14.6 Å². The Morgan fingerprint density at radius 2 is 1.95 bits per heavy atom. The summed E-state index contributed by atoms with van der Waals surface area (Å²) in [6, 6.07) is 3.82. The monoisotopic (exact) mass is 264 g/mol. The van der Waals surface area contributed by atoms with Gasteiger partial charge in [-0.15, -0.1) is 0 Å².